The van der Waals surface area contributed by atoms with Crippen LogP contribution in [0.4, 0.5) is 0 Å². The number of hydrogen-bond acceptors (Lipinski definition) is 8. The van der Waals surface area contributed by atoms with Gasteiger partial charge in [0.1, 0.15) is 29.9 Å². The number of rotatable bonds is 7. The Morgan fingerprint density at radius 3 is 2.58 bits per heavy atom. The van der Waals surface area contributed by atoms with Gasteiger partial charge in [0.25, 0.3) is 0 Å². The molecule has 8 nitrogen and oxygen atoms in total. The lowest BCUT2D eigenvalue weighted by Gasteiger charge is -2.43. The summed E-state index contributed by atoms with van der Waals surface area (Å²) in [6.07, 6.45) is -1.88. The average Bonchev–Trinajstić information content (AvgIpc) is 3.02. The quantitative estimate of drug-likeness (QED) is 0.325. The first-order chi connectivity index (χ1) is 12.3. The Morgan fingerprint density at radius 1 is 1.31 bits per heavy atom. The summed E-state index contributed by atoms with van der Waals surface area (Å²) in [4.78, 5) is 12.8. The number of ether oxygens (including phenoxy) is 1. The van der Waals surface area contributed by atoms with Gasteiger partial charge in [0.2, 0.25) is 5.91 Å². The highest BCUT2D eigenvalue weighted by Gasteiger charge is 2.49. The topological polar surface area (TPSA) is 131 Å². The molecule has 6 N–H and O–H groups in total. The number of amides is 1. The fourth-order valence-corrected chi connectivity index (χ4v) is 4.50. The number of carbonyl (C=O) groups excluding carboxylic acids is 1. The van der Waals surface area contributed by atoms with E-state index in [-0.39, 0.29) is 6.17 Å². The van der Waals surface area contributed by atoms with E-state index in [1.807, 2.05) is 0 Å². The fraction of sp³-hybridized carbons (Fsp3) is 0.941. The van der Waals surface area contributed by atoms with Gasteiger partial charge in [-0.15, -0.1) is 11.8 Å². The van der Waals surface area contributed by atoms with Crippen molar-refractivity contribution in [3.05, 3.63) is 0 Å². The number of hydrogen-bond donors (Lipinski definition) is 6. The molecule has 0 radical (unpaired) electrons. The molecule has 0 bridgehead atoms. The van der Waals surface area contributed by atoms with E-state index in [0.717, 1.165) is 25.8 Å². The van der Waals surface area contributed by atoms with Gasteiger partial charge < -0.3 is 30.5 Å². The molecule has 2 heterocycles. The van der Waals surface area contributed by atoms with Crippen molar-refractivity contribution >= 4 is 17.7 Å². The zero-order valence-corrected chi connectivity index (χ0v) is 16.4. The van der Waals surface area contributed by atoms with Gasteiger partial charge in [0.05, 0.1) is 18.2 Å². The zero-order chi connectivity index (χ0) is 19.4. The van der Waals surface area contributed by atoms with Gasteiger partial charge in [-0.05, 0) is 38.5 Å². The van der Waals surface area contributed by atoms with Crippen LogP contribution in [0.2, 0.25) is 0 Å². The van der Waals surface area contributed by atoms with E-state index >= 15 is 0 Å². The van der Waals surface area contributed by atoms with Crippen LogP contribution in [-0.2, 0) is 9.53 Å². The summed E-state index contributed by atoms with van der Waals surface area (Å²) in [6, 6.07) is 0. The van der Waals surface area contributed by atoms with Gasteiger partial charge in [-0.25, -0.2) is 0 Å². The third-order valence-electron chi connectivity index (χ3n) is 5.25. The summed E-state index contributed by atoms with van der Waals surface area (Å²) in [7, 11) is 0. The number of aliphatic hydroxyl groups is 4. The monoisotopic (exact) mass is 392 g/mol. The summed E-state index contributed by atoms with van der Waals surface area (Å²) >= 11 is 1.17. The molecule has 2 aliphatic rings. The molecule has 0 saturated carbocycles. The Morgan fingerprint density at radius 2 is 2.00 bits per heavy atom. The van der Waals surface area contributed by atoms with E-state index in [0.29, 0.717) is 5.92 Å². The van der Waals surface area contributed by atoms with Crippen LogP contribution in [0.3, 0.4) is 0 Å². The largest absolute Gasteiger partial charge is 0.392 e. The van der Waals surface area contributed by atoms with Gasteiger partial charge in [-0.3, -0.25) is 10.1 Å². The number of aliphatic hydroxyl groups excluding tert-OH is 4. The second-order valence-corrected chi connectivity index (χ2v) is 8.24. The molecule has 9 atom stereocenters. The SMILES string of the molecule is CCC[C@H]1CN[C@H](NC(=O)[C@H]([C@@H]2O[C@H](SC)[C@@H](O)[C@H](O)[C@H]2O)[C@H](C)O)C1. The molecule has 0 aromatic heterocycles. The minimum Gasteiger partial charge on any atom is -0.392 e. The maximum Gasteiger partial charge on any atom is 0.229 e. The first-order valence-corrected chi connectivity index (χ1v) is 10.5. The molecule has 0 aliphatic carbocycles. The minimum absolute atomic E-state index is 0.187. The van der Waals surface area contributed by atoms with Crippen molar-refractivity contribution in [2.24, 2.45) is 11.8 Å². The maximum atomic E-state index is 12.8. The lowest BCUT2D eigenvalue weighted by molar-refractivity contribution is -0.218. The highest BCUT2D eigenvalue weighted by Crippen LogP contribution is 2.32. The zero-order valence-electron chi connectivity index (χ0n) is 15.5. The van der Waals surface area contributed by atoms with Crippen LogP contribution >= 0.6 is 11.8 Å². The lowest BCUT2D eigenvalue weighted by Crippen LogP contribution is -2.62. The maximum absolute atomic E-state index is 12.8. The molecule has 9 heteroatoms. The fourth-order valence-electron chi connectivity index (χ4n) is 3.82. The van der Waals surface area contributed by atoms with Crippen molar-refractivity contribution in [1.29, 1.82) is 0 Å². The van der Waals surface area contributed by atoms with Crippen molar-refractivity contribution in [3.8, 4) is 0 Å². The van der Waals surface area contributed by atoms with Crippen LogP contribution in [0.5, 0.6) is 0 Å². The first-order valence-electron chi connectivity index (χ1n) is 9.24. The highest BCUT2D eigenvalue weighted by atomic mass is 32.2. The molecule has 0 aromatic rings. The minimum atomic E-state index is -1.47. The van der Waals surface area contributed by atoms with Gasteiger partial charge in [0, 0.05) is 0 Å². The summed E-state index contributed by atoms with van der Waals surface area (Å²) in [5.74, 6) is -0.999. The summed E-state index contributed by atoms with van der Waals surface area (Å²) in [5.41, 5.74) is -0.786. The van der Waals surface area contributed by atoms with E-state index in [4.69, 9.17) is 4.74 Å². The molecule has 2 saturated heterocycles. The van der Waals surface area contributed by atoms with Gasteiger partial charge in [-0.2, -0.15) is 0 Å². The van der Waals surface area contributed by atoms with E-state index in [1.165, 1.54) is 18.7 Å². The Balaban J connectivity index is 2.06. The van der Waals surface area contributed by atoms with Gasteiger partial charge in [0.15, 0.2) is 0 Å². The molecule has 0 aromatic carbocycles. The van der Waals surface area contributed by atoms with E-state index in [2.05, 4.69) is 17.6 Å². The normalized spacial score (nSPS) is 40.2. The molecule has 0 spiro atoms. The Kier molecular flexibility index (Phi) is 8.14. The van der Waals surface area contributed by atoms with Crippen molar-refractivity contribution in [2.45, 2.75) is 75.2 Å². The molecule has 2 rings (SSSR count). The van der Waals surface area contributed by atoms with E-state index < -0.39 is 47.8 Å². The molecule has 152 valence electrons. The standard InChI is InChI=1S/C17H32N2O6S/c1-4-5-9-6-10(18-7-9)19-16(24)11(8(2)20)15-13(22)12(21)14(23)17(25-15)26-3/h8-15,17-18,20-23H,4-7H2,1-3H3,(H,19,24)/t8-,9+,10+,11-,12+,13+,14-,15-,17+/m0/s1. The Bertz CT molecular complexity index is 467. The predicted molar refractivity (Wildman–Crippen MR) is 98.3 cm³/mol. The molecule has 0 unspecified atom stereocenters. The molecular weight excluding hydrogens is 360 g/mol. The third kappa shape index (κ3) is 4.89. The number of nitrogens with one attached hydrogen (secondary N) is 2. The third-order valence-corrected chi connectivity index (χ3v) is 6.11. The smallest absolute Gasteiger partial charge is 0.229 e. The molecular formula is C17H32N2O6S. The van der Waals surface area contributed by atoms with Crippen LogP contribution in [0.25, 0.3) is 0 Å². The number of carbonyl (C=O) groups is 1. The molecule has 1 amide bonds. The van der Waals surface area contributed by atoms with Crippen LogP contribution in [0, 0.1) is 11.8 Å². The van der Waals surface area contributed by atoms with Crippen molar-refractivity contribution in [1.82, 2.24) is 10.6 Å². The molecule has 2 aliphatic heterocycles. The van der Waals surface area contributed by atoms with Crippen molar-refractivity contribution in [2.75, 3.05) is 12.8 Å². The Labute approximate surface area is 158 Å². The summed E-state index contributed by atoms with van der Waals surface area (Å²) in [5, 5.41) is 46.6. The van der Waals surface area contributed by atoms with Crippen LogP contribution in [0.15, 0.2) is 0 Å². The van der Waals surface area contributed by atoms with Crippen molar-refractivity contribution < 1.29 is 30.0 Å². The summed E-state index contributed by atoms with van der Waals surface area (Å²) in [6.45, 7) is 4.41. The summed E-state index contributed by atoms with van der Waals surface area (Å²) < 4.78 is 5.66. The van der Waals surface area contributed by atoms with Gasteiger partial charge >= 0.3 is 0 Å². The van der Waals surface area contributed by atoms with E-state index in [1.54, 1.807) is 6.26 Å². The Hall–Kier alpha value is -0.420. The van der Waals surface area contributed by atoms with Crippen molar-refractivity contribution in [3.63, 3.8) is 0 Å². The average molecular weight is 393 g/mol. The first kappa shape index (κ1) is 21.9. The molecule has 2 fully saturated rings. The van der Waals surface area contributed by atoms with Crippen LogP contribution < -0.4 is 10.6 Å². The lowest BCUT2D eigenvalue weighted by atomic mass is 9.86. The second-order valence-electron chi connectivity index (χ2n) is 7.30. The predicted octanol–water partition coefficient (Wildman–Crippen LogP) is -0.994. The molecule has 26 heavy (non-hydrogen) atoms. The highest BCUT2D eigenvalue weighted by molar-refractivity contribution is 7.99. The van der Waals surface area contributed by atoms with Crippen LogP contribution in [0.1, 0.15) is 33.1 Å². The van der Waals surface area contributed by atoms with Crippen LogP contribution in [-0.4, -0.2) is 81.3 Å². The van der Waals surface area contributed by atoms with E-state index in [9.17, 15) is 25.2 Å². The van der Waals surface area contributed by atoms with Gasteiger partial charge in [-0.1, -0.05) is 13.3 Å². The number of thioether (sulfide) groups is 1. The second kappa shape index (κ2) is 9.68.